The Morgan fingerprint density at radius 3 is 2.61 bits per heavy atom. The highest BCUT2D eigenvalue weighted by molar-refractivity contribution is 5.84. The van der Waals surface area contributed by atoms with Gasteiger partial charge in [-0.2, -0.15) is 0 Å². The minimum atomic E-state index is 0.234. The molecule has 0 bridgehead atoms. The van der Waals surface area contributed by atoms with E-state index < -0.39 is 0 Å². The molecule has 6 heteroatoms. The summed E-state index contributed by atoms with van der Waals surface area (Å²) in [6, 6.07) is 12.9. The number of anilines is 1. The second-order valence-electron chi connectivity index (χ2n) is 8.62. The summed E-state index contributed by atoms with van der Waals surface area (Å²) in [4.78, 5) is 16.3. The number of nitrogens with zero attached hydrogens (tertiary/aromatic N) is 4. The van der Waals surface area contributed by atoms with Gasteiger partial charge in [-0.15, -0.1) is 0 Å². The van der Waals surface area contributed by atoms with E-state index in [2.05, 4.69) is 70.1 Å². The van der Waals surface area contributed by atoms with Crippen LogP contribution in [0.15, 0.2) is 67.6 Å². The van der Waals surface area contributed by atoms with Gasteiger partial charge in [0.05, 0.1) is 36.5 Å². The molecule has 6 nitrogen and oxygen atoms in total. The van der Waals surface area contributed by atoms with Crippen LogP contribution < -0.4 is 10.2 Å². The van der Waals surface area contributed by atoms with Crippen molar-refractivity contribution in [1.29, 1.82) is 0 Å². The molecule has 2 aliphatic rings. The SMILES string of the molecule is C=C(N[C@H](C)Cc1ccccc1)c1ncc(C2=CCc3ncc(N4CCOCC4)cc32)cn1. The Labute approximate surface area is 195 Å². The summed E-state index contributed by atoms with van der Waals surface area (Å²) >= 11 is 0. The normalized spacial score (nSPS) is 16.2. The zero-order valence-electron chi connectivity index (χ0n) is 19.0. The number of hydrogen-bond acceptors (Lipinski definition) is 6. The lowest BCUT2D eigenvalue weighted by Crippen LogP contribution is -2.36. The molecular formula is C27H29N5O. The maximum absolute atomic E-state index is 5.49. The standard InChI is InChI=1S/C27H29N5O/c1-19(14-21-6-4-3-5-7-21)31-20(2)27-29-16-22(17-30-27)24-8-9-26-25(24)15-23(18-28-26)32-10-12-33-13-11-32/h3-8,15-19,31H,2,9-14H2,1H3/t19-/m1/s1. The summed E-state index contributed by atoms with van der Waals surface area (Å²) in [5.74, 6) is 0.623. The van der Waals surface area contributed by atoms with Crippen molar-refractivity contribution in [3.63, 3.8) is 0 Å². The van der Waals surface area contributed by atoms with Crippen LogP contribution in [0, 0.1) is 0 Å². The number of allylic oxidation sites excluding steroid dienone is 1. The molecule has 1 aliphatic heterocycles. The maximum Gasteiger partial charge on any atom is 0.174 e. The molecule has 5 rings (SSSR count). The average molecular weight is 440 g/mol. The van der Waals surface area contributed by atoms with Gasteiger partial charge in [-0.3, -0.25) is 4.98 Å². The van der Waals surface area contributed by atoms with Gasteiger partial charge < -0.3 is 15.0 Å². The Morgan fingerprint density at radius 2 is 1.85 bits per heavy atom. The van der Waals surface area contributed by atoms with Crippen LogP contribution >= 0.6 is 0 Å². The highest BCUT2D eigenvalue weighted by atomic mass is 16.5. The Kier molecular flexibility index (Phi) is 6.17. The predicted molar refractivity (Wildman–Crippen MR) is 132 cm³/mol. The second-order valence-corrected chi connectivity index (χ2v) is 8.62. The van der Waals surface area contributed by atoms with E-state index in [1.807, 2.05) is 24.7 Å². The number of aromatic nitrogens is 3. The molecule has 33 heavy (non-hydrogen) atoms. The van der Waals surface area contributed by atoms with Crippen LogP contribution in [-0.4, -0.2) is 47.3 Å². The van der Waals surface area contributed by atoms with Crippen molar-refractivity contribution in [2.24, 2.45) is 0 Å². The molecular weight excluding hydrogens is 410 g/mol. The summed E-state index contributed by atoms with van der Waals surface area (Å²) in [6.45, 7) is 9.62. The molecule has 0 saturated carbocycles. The fraction of sp³-hybridized carbons (Fsp3) is 0.296. The number of benzene rings is 1. The molecule has 1 aromatic carbocycles. The van der Waals surface area contributed by atoms with Crippen molar-refractivity contribution in [1.82, 2.24) is 20.3 Å². The molecule has 168 valence electrons. The molecule has 0 amide bonds. The minimum absolute atomic E-state index is 0.234. The Hall–Kier alpha value is -3.51. The van der Waals surface area contributed by atoms with Crippen LogP contribution in [0.5, 0.6) is 0 Å². The largest absolute Gasteiger partial charge is 0.380 e. The third-order valence-electron chi connectivity index (χ3n) is 6.16. The lowest BCUT2D eigenvalue weighted by atomic mass is 10.0. The van der Waals surface area contributed by atoms with Gasteiger partial charge in [-0.05, 0) is 30.5 Å². The number of ether oxygens (including phenoxy) is 1. The van der Waals surface area contributed by atoms with Gasteiger partial charge in [0.15, 0.2) is 5.82 Å². The van der Waals surface area contributed by atoms with Crippen molar-refractivity contribution >= 4 is 17.0 Å². The summed E-state index contributed by atoms with van der Waals surface area (Å²) in [6.07, 6.45) is 9.72. The van der Waals surface area contributed by atoms with Gasteiger partial charge in [-0.1, -0.05) is 43.0 Å². The first-order chi connectivity index (χ1) is 16.2. The van der Waals surface area contributed by atoms with Crippen molar-refractivity contribution in [2.75, 3.05) is 31.2 Å². The molecule has 3 aromatic rings. The van der Waals surface area contributed by atoms with Gasteiger partial charge in [-0.25, -0.2) is 9.97 Å². The summed E-state index contributed by atoms with van der Waals surface area (Å²) in [7, 11) is 0. The Morgan fingerprint density at radius 1 is 1.09 bits per heavy atom. The molecule has 2 aromatic heterocycles. The van der Waals surface area contributed by atoms with Crippen LogP contribution in [0.2, 0.25) is 0 Å². The van der Waals surface area contributed by atoms with E-state index in [4.69, 9.17) is 9.72 Å². The van der Waals surface area contributed by atoms with E-state index in [1.165, 1.54) is 11.1 Å². The number of nitrogens with one attached hydrogen (secondary N) is 1. The van der Waals surface area contributed by atoms with Crippen molar-refractivity contribution in [3.05, 3.63) is 95.9 Å². The summed E-state index contributed by atoms with van der Waals surface area (Å²) in [5, 5.41) is 3.43. The van der Waals surface area contributed by atoms with Crippen molar-refractivity contribution < 1.29 is 4.74 Å². The lowest BCUT2D eigenvalue weighted by Gasteiger charge is -2.29. The smallest absolute Gasteiger partial charge is 0.174 e. The van der Waals surface area contributed by atoms with Crippen LogP contribution in [0.1, 0.15) is 35.1 Å². The quantitative estimate of drug-likeness (QED) is 0.603. The zero-order chi connectivity index (χ0) is 22.6. The topological polar surface area (TPSA) is 63.2 Å². The van der Waals surface area contributed by atoms with Gasteiger partial charge in [0, 0.05) is 49.1 Å². The highest BCUT2D eigenvalue weighted by Gasteiger charge is 2.21. The second kappa shape index (κ2) is 9.55. The minimum Gasteiger partial charge on any atom is -0.380 e. The van der Waals surface area contributed by atoms with Crippen LogP contribution in [-0.2, 0) is 17.6 Å². The fourth-order valence-corrected chi connectivity index (χ4v) is 4.46. The van der Waals surface area contributed by atoms with Crippen LogP contribution in [0.25, 0.3) is 11.3 Å². The van der Waals surface area contributed by atoms with E-state index in [9.17, 15) is 0 Å². The van der Waals surface area contributed by atoms with Gasteiger partial charge >= 0.3 is 0 Å². The first-order valence-corrected chi connectivity index (χ1v) is 11.5. The predicted octanol–water partition coefficient (Wildman–Crippen LogP) is 3.89. The molecule has 1 fully saturated rings. The highest BCUT2D eigenvalue weighted by Crippen LogP contribution is 2.33. The summed E-state index contributed by atoms with van der Waals surface area (Å²) in [5.41, 5.74) is 7.60. The first kappa shape index (κ1) is 21.3. The molecule has 0 radical (unpaired) electrons. The first-order valence-electron chi connectivity index (χ1n) is 11.5. The number of rotatable bonds is 7. The maximum atomic E-state index is 5.49. The molecule has 1 saturated heterocycles. The number of fused-ring (bicyclic) bond motifs is 1. The Balaban J connectivity index is 1.27. The molecule has 1 N–H and O–H groups in total. The Bertz CT molecular complexity index is 1150. The third kappa shape index (κ3) is 4.81. The van der Waals surface area contributed by atoms with E-state index in [1.54, 1.807) is 0 Å². The van der Waals surface area contributed by atoms with Gasteiger partial charge in [0.1, 0.15) is 0 Å². The van der Waals surface area contributed by atoms with E-state index in [-0.39, 0.29) is 6.04 Å². The van der Waals surface area contributed by atoms with E-state index >= 15 is 0 Å². The molecule has 1 aliphatic carbocycles. The number of hydrogen-bond donors (Lipinski definition) is 1. The lowest BCUT2D eigenvalue weighted by molar-refractivity contribution is 0.122. The molecule has 0 spiro atoms. The van der Waals surface area contributed by atoms with Gasteiger partial charge in [0.25, 0.3) is 0 Å². The number of morpholine rings is 1. The van der Waals surface area contributed by atoms with Crippen molar-refractivity contribution in [2.45, 2.75) is 25.8 Å². The van der Waals surface area contributed by atoms with Gasteiger partial charge in [0.2, 0.25) is 0 Å². The molecule has 0 unspecified atom stereocenters. The summed E-state index contributed by atoms with van der Waals surface area (Å²) < 4.78 is 5.49. The monoisotopic (exact) mass is 439 g/mol. The fourth-order valence-electron chi connectivity index (χ4n) is 4.46. The molecule has 3 heterocycles. The van der Waals surface area contributed by atoms with E-state index in [0.29, 0.717) is 5.82 Å². The third-order valence-corrected chi connectivity index (χ3v) is 6.16. The molecule has 1 atom stereocenters. The van der Waals surface area contributed by atoms with Crippen LogP contribution in [0.3, 0.4) is 0 Å². The average Bonchev–Trinajstić information content (AvgIpc) is 3.28. The zero-order valence-corrected chi connectivity index (χ0v) is 19.0. The van der Waals surface area contributed by atoms with Crippen molar-refractivity contribution in [3.8, 4) is 0 Å². The number of pyridine rings is 1. The van der Waals surface area contributed by atoms with Crippen LogP contribution in [0.4, 0.5) is 5.69 Å². The van der Waals surface area contributed by atoms with E-state index in [0.717, 1.165) is 67.4 Å².